The zero-order valence-electron chi connectivity index (χ0n) is 10.2. The molecule has 2 heterocycles. The molecular weight excluding hydrogens is 232 g/mol. The number of imidazole rings is 1. The number of hydrogen-bond acceptors (Lipinski definition) is 4. The largest absolute Gasteiger partial charge is 0.396 e. The molecule has 7 heteroatoms. The van der Waals surface area contributed by atoms with Gasteiger partial charge in [-0.1, -0.05) is 0 Å². The molecule has 0 aliphatic rings. The third-order valence-corrected chi connectivity index (χ3v) is 2.62. The zero-order valence-corrected chi connectivity index (χ0v) is 10.2. The van der Waals surface area contributed by atoms with Crippen LogP contribution in [0.5, 0.6) is 0 Å². The van der Waals surface area contributed by atoms with E-state index in [1.54, 1.807) is 19.6 Å². The lowest BCUT2D eigenvalue weighted by molar-refractivity contribution is 0.0944. The fourth-order valence-corrected chi connectivity index (χ4v) is 1.70. The zero-order chi connectivity index (χ0) is 13.0. The van der Waals surface area contributed by atoms with Crippen LogP contribution in [0.25, 0.3) is 0 Å². The van der Waals surface area contributed by atoms with Crippen LogP contribution in [0.2, 0.25) is 0 Å². The van der Waals surface area contributed by atoms with E-state index in [1.807, 2.05) is 10.8 Å². The van der Waals surface area contributed by atoms with E-state index < -0.39 is 0 Å². The van der Waals surface area contributed by atoms with Crippen LogP contribution in [-0.4, -0.2) is 31.8 Å². The van der Waals surface area contributed by atoms with Gasteiger partial charge in [0, 0.05) is 32.5 Å². The predicted octanol–water partition coefficient (Wildman–Crippen LogP) is 0.0189. The summed E-state index contributed by atoms with van der Waals surface area (Å²) in [5.74, 6) is -0.196. The summed E-state index contributed by atoms with van der Waals surface area (Å²) in [4.78, 5) is 15.8. The Labute approximate surface area is 105 Å². The Balaban J connectivity index is 1.79. The molecule has 0 aliphatic carbocycles. The van der Waals surface area contributed by atoms with Gasteiger partial charge >= 0.3 is 0 Å². The fourth-order valence-electron chi connectivity index (χ4n) is 1.70. The second kappa shape index (κ2) is 5.35. The molecule has 0 saturated heterocycles. The van der Waals surface area contributed by atoms with Gasteiger partial charge in [0.2, 0.25) is 0 Å². The van der Waals surface area contributed by atoms with E-state index in [1.165, 1.54) is 10.9 Å². The Morgan fingerprint density at radius 2 is 2.39 bits per heavy atom. The fraction of sp³-hybridized carbons (Fsp3) is 0.364. The van der Waals surface area contributed by atoms with Crippen LogP contribution in [0.15, 0.2) is 24.9 Å². The Morgan fingerprint density at radius 3 is 3.00 bits per heavy atom. The average molecular weight is 248 g/mol. The minimum atomic E-state index is -0.196. The quantitative estimate of drug-likeness (QED) is 0.730. The van der Waals surface area contributed by atoms with Crippen molar-refractivity contribution >= 4 is 11.6 Å². The minimum absolute atomic E-state index is 0.196. The second-order valence-electron chi connectivity index (χ2n) is 3.98. The molecule has 18 heavy (non-hydrogen) atoms. The number of rotatable bonds is 5. The average Bonchev–Trinajstić information content (AvgIpc) is 2.95. The molecule has 96 valence electrons. The molecule has 2 aromatic rings. The predicted molar refractivity (Wildman–Crippen MR) is 66.8 cm³/mol. The molecule has 2 aromatic heterocycles. The summed E-state index contributed by atoms with van der Waals surface area (Å²) in [5, 5.41) is 6.74. The number of nitrogens with one attached hydrogen (secondary N) is 1. The SMILES string of the molecule is Cn1ncc(N)c1C(=O)NCCCn1ccnc1. The standard InChI is InChI=1S/C11H16N6O/c1-16-10(9(12)7-15-16)11(18)14-3-2-5-17-6-4-13-8-17/h4,6-8H,2-3,5,12H2,1H3,(H,14,18). The molecule has 1 amide bonds. The second-order valence-corrected chi connectivity index (χ2v) is 3.98. The van der Waals surface area contributed by atoms with E-state index in [4.69, 9.17) is 5.73 Å². The monoisotopic (exact) mass is 248 g/mol. The highest BCUT2D eigenvalue weighted by Gasteiger charge is 2.13. The lowest BCUT2D eigenvalue weighted by atomic mass is 10.3. The number of hydrogen-bond donors (Lipinski definition) is 2. The summed E-state index contributed by atoms with van der Waals surface area (Å²) in [5.41, 5.74) is 6.46. The molecule has 0 aliphatic heterocycles. The van der Waals surface area contributed by atoms with Gasteiger partial charge in [0.1, 0.15) is 5.69 Å². The molecular formula is C11H16N6O. The summed E-state index contributed by atoms with van der Waals surface area (Å²) in [6.07, 6.45) is 7.68. The Kier molecular flexibility index (Phi) is 3.61. The summed E-state index contributed by atoms with van der Waals surface area (Å²) in [6.45, 7) is 1.41. The molecule has 0 atom stereocenters. The van der Waals surface area contributed by atoms with Crippen molar-refractivity contribution in [2.45, 2.75) is 13.0 Å². The maximum Gasteiger partial charge on any atom is 0.271 e. The number of aryl methyl sites for hydroxylation is 2. The normalized spacial score (nSPS) is 10.5. The maximum absolute atomic E-state index is 11.8. The van der Waals surface area contributed by atoms with Gasteiger partial charge in [-0.05, 0) is 6.42 Å². The summed E-state index contributed by atoms with van der Waals surface area (Å²) >= 11 is 0. The topological polar surface area (TPSA) is 90.8 Å². The third-order valence-electron chi connectivity index (χ3n) is 2.62. The molecule has 0 aromatic carbocycles. The van der Waals surface area contributed by atoms with Gasteiger partial charge in [0.05, 0.1) is 18.2 Å². The number of anilines is 1. The van der Waals surface area contributed by atoms with Crippen LogP contribution in [0.4, 0.5) is 5.69 Å². The third kappa shape index (κ3) is 2.68. The van der Waals surface area contributed by atoms with E-state index in [9.17, 15) is 4.79 Å². The van der Waals surface area contributed by atoms with Gasteiger partial charge in [0.15, 0.2) is 0 Å². The molecule has 0 spiro atoms. The highest BCUT2D eigenvalue weighted by molar-refractivity contribution is 5.97. The van der Waals surface area contributed by atoms with Crippen molar-refractivity contribution in [3.8, 4) is 0 Å². The number of aromatic nitrogens is 4. The van der Waals surface area contributed by atoms with Gasteiger partial charge in [-0.2, -0.15) is 5.10 Å². The van der Waals surface area contributed by atoms with Crippen molar-refractivity contribution in [3.05, 3.63) is 30.6 Å². The Hall–Kier alpha value is -2.31. The molecule has 0 radical (unpaired) electrons. The van der Waals surface area contributed by atoms with Gasteiger partial charge in [-0.3, -0.25) is 9.48 Å². The van der Waals surface area contributed by atoms with E-state index in [2.05, 4.69) is 15.4 Å². The molecule has 3 N–H and O–H groups in total. The number of nitrogens with two attached hydrogens (primary N) is 1. The molecule has 0 unspecified atom stereocenters. The Bertz CT molecular complexity index is 496. The van der Waals surface area contributed by atoms with Gasteiger partial charge in [-0.15, -0.1) is 0 Å². The van der Waals surface area contributed by atoms with Gasteiger partial charge in [0.25, 0.3) is 5.91 Å². The van der Waals surface area contributed by atoms with Crippen LogP contribution in [0.1, 0.15) is 16.9 Å². The number of amides is 1. The molecule has 0 fully saturated rings. The number of nitrogens with zero attached hydrogens (tertiary/aromatic N) is 4. The molecule has 2 rings (SSSR count). The van der Waals surface area contributed by atoms with Crippen molar-refractivity contribution in [2.24, 2.45) is 7.05 Å². The first kappa shape index (κ1) is 12.2. The summed E-state index contributed by atoms with van der Waals surface area (Å²) in [6, 6.07) is 0. The van der Waals surface area contributed by atoms with Crippen molar-refractivity contribution in [3.63, 3.8) is 0 Å². The van der Waals surface area contributed by atoms with Crippen LogP contribution in [-0.2, 0) is 13.6 Å². The molecule has 0 bridgehead atoms. The van der Waals surface area contributed by atoms with Gasteiger partial charge in [-0.25, -0.2) is 4.98 Å². The minimum Gasteiger partial charge on any atom is -0.396 e. The first-order valence-corrected chi connectivity index (χ1v) is 5.70. The van der Waals surface area contributed by atoms with Crippen molar-refractivity contribution < 1.29 is 4.79 Å². The summed E-state index contributed by atoms with van der Waals surface area (Å²) in [7, 11) is 1.69. The van der Waals surface area contributed by atoms with E-state index in [-0.39, 0.29) is 5.91 Å². The highest BCUT2D eigenvalue weighted by Crippen LogP contribution is 2.08. The van der Waals surface area contributed by atoms with Crippen LogP contribution in [0.3, 0.4) is 0 Å². The molecule has 7 nitrogen and oxygen atoms in total. The van der Waals surface area contributed by atoms with Crippen LogP contribution in [0, 0.1) is 0 Å². The lowest BCUT2D eigenvalue weighted by Crippen LogP contribution is -2.27. The van der Waals surface area contributed by atoms with E-state index in [0.717, 1.165) is 13.0 Å². The molecule has 0 saturated carbocycles. The van der Waals surface area contributed by atoms with Crippen molar-refractivity contribution in [1.29, 1.82) is 0 Å². The first-order valence-electron chi connectivity index (χ1n) is 5.70. The van der Waals surface area contributed by atoms with Gasteiger partial charge < -0.3 is 15.6 Å². The highest BCUT2D eigenvalue weighted by atomic mass is 16.2. The lowest BCUT2D eigenvalue weighted by Gasteiger charge is -2.06. The Morgan fingerprint density at radius 1 is 1.56 bits per heavy atom. The number of nitrogen functional groups attached to an aromatic ring is 1. The summed E-state index contributed by atoms with van der Waals surface area (Å²) < 4.78 is 3.44. The smallest absolute Gasteiger partial charge is 0.271 e. The number of carbonyl (C=O) groups excluding carboxylic acids is 1. The van der Waals surface area contributed by atoms with E-state index >= 15 is 0 Å². The first-order chi connectivity index (χ1) is 8.68. The van der Waals surface area contributed by atoms with E-state index in [0.29, 0.717) is 17.9 Å². The van der Waals surface area contributed by atoms with Crippen LogP contribution >= 0.6 is 0 Å². The number of carbonyl (C=O) groups is 1. The maximum atomic E-state index is 11.8. The van der Waals surface area contributed by atoms with Crippen LogP contribution < -0.4 is 11.1 Å². The van der Waals surface area contributed by atoms with Crippen molar-refractivity contribution in [2.75, 3.05) is 12.3 Å². The van der Waals surface area contributed by atoms with Crippen molar-refractivity contribution in [1.82, 2.24) is 24.6 Å².